The second-order valence-corrected chi connectivity index (χ2v) is 5.42. The van der Waals surface area contributed by atoms with E-state index in [2.05, 4.69) is 15.9 Å². The summed E-state index contributed by atoms with van der Waals surface area (Å²) in [6.45, 7) is 0.605. The summed E-state index contributed by atoms with van der Waals surface area (Å²) in [6.07, 6.45) is 0.733. The largest absolute Gasteiger partial charge is 0.496 e. The lowest BCUT2D eigenvalue weighted by atomic mass is 10.1. The summed E-state index contributed by atoms with van der Waals surface area (Å²) in [7, 11) is 3.37. The normalized spacial score (nSPS) is 10.8. The van der Waals surface area contributed by atoms with Crippen LogP contribution in [0.4, 0.5) is 11.4 Å². The van der Waals surface area contributed by atoms with E-state index in [9.17, 15) is 9.59 Å². The lowest BCUT2D eigenvalue weighted by Gasteiger charge is -2.21. The van der Waals surface area contributed by atoms with Gasteiger partial charge in [0.15, 0.2) is 0 Å². The molecule has 0 aliphatic heterocycles. The van der Waals surface area contributed by atoms with Crippen LogP contribution in [0.5, 0.6) is 5.75 Å². The average Bonchev–Trinajstić information content (AvgIpc) is 2.45. The van der Waals surface area contributed by atoms with Crippen molar-refractivity contribution in [1.82, 2.24) is 0 Å². The standard InChI is InChI=1S/C14H15BrN2O3/c1-17(12-11(16)13(18)14(12)19)6-5-8-3-4-10(20-2)9(15)7-8/h3-4,7H,5-6,16H2,1-2H3. The van der Waals surface area contributed by atoms with Gasteiger partial charge in [-0.1, -0.05) is 6.07 Å². The van der Waals surface area contributed by atoms with Crippen LogP contribution in [0.2, 0.25) is 0 Å². The molecule has 0 saturated carbocycles. The molecule has 0 unspecified atom stereocenters. The number of methoxy groups -OCH3 is 1. The molecule has 5 nitrogen and oxygen atoms in total. The Morgan fingerprint density at radius 1 is 1.30 bits per heavy atom. The van der Waals surface area contributed by atoms with Gasteiger partial charge in [-0.05, 0) is 40.0 Å². The van der Waals surface area contributed by atoms with Crippen molar-refractivity contribution in [3.8, 4) is 5.75 Å². The lowest BCUT2D eigenvalue weighted by Crippen LogP contribution is -2.41. The first-order chi connectivity index (χ1) is 9.45. The second-order valence-electron chi connectivity index (χ2n) is 4.56. The first-order valence-corrected chi connectivity index (χ1v) is 6.87. The number of hydrogen-bond acceptors (Lipinski definition) is 5. The number of likely N-dealkylation sites (N-methyl/N-ethyl adjacent to an activating group) is 1. The van der Waals surface area contributed by atoms with E-state index in [1.54, 1.807) is 19.1 Å². The van der Waals surface area contributed by atoms with Gasteiger partial charge in [-0.15, -0.1) is 0 Å². The van der Waals surface area contributed by atoms with Crippen molar-refractivity contribution in [2.45, 2.75) is 6.42 Å². The summed E-state index contributed by atoms with van der Waals surface area (Å²) in [6, 6.07) is 5.81. The molecule has 106 valence electrons. The molecule has 0 amide bonds. The Kier molecular flexibility index (Phi) is 4.13. The summed E-state index contributed by atoms with van der Waals surface area (Å²) in [5, 5.41) is 0. The van der Waals surface area contributed by atoms with Crippen LogP contribution in [0.1, 0.15) is 5.56 Å². The maximum atomic E-state index is 11.4. The number of nitrogens with two attached hydrogens (primary N) is 1. The number of benzene rings is 1. The molecular formula is C14H15BrN2O3. The monoisotopic (exact) mass is 338 g/mol. The van der Waals surface area contributed by atoms with Crippen molar-refractivity contribution in [2.75, 3.05) is 31.3 Å². The molecule has 0 radical (unpaired) electrons. The van der Waals surface area contributed by atoms with Crippen molar-refractivity contribution in [1.29, 1.82) is 0 Å². The number of nitrogen functional groups attached to an aromatic ring is 1. The highest BCUT2D eigenvalue weighted by Crippen LogP contribution is 2.26. The van der Waals surface area contributed by atoms with Crippen LogP contribution < -0.4 is 26.2 Å². The second kappa shape index (κ2) is 5.66. The molecule has 20 heavy (non-hydrogen) atoms. The molecule has 0 heterocycles. The fourth-order valence-electron chi connectivity index (χ4n) is 2.05. The van der Waals surface area contributed by atoms with Crippen molar-refractivity contribution in [3.05, 3.63) is 48.7 Å². The van der Waals surface area contributed by atoms with Gasteiger partial charge >= 0.3 is 0 Å². The number of hydrogen-bond donors (Lipinski definition) is 1. The number of ether oxygens (including phenoxy) is 1. The molecule has 2 aromatic carbocycles. The van der Waals surface area contributed by atoms with Gasteiger partial charge < -0.3 is 15.4 Å². The van der Waals surface area contributed by atoms with Crippen LogP contribution in [-0.4, -0.2) is 20.7 Å². The molecule has 2 aromatic rings. The van der Waals surface area contributed by atoms with Gasteiger partial charge in [0, 0.05) is 13.6 Å². The molecule has 0 aliphatic rings. The Balaban J connectivity index is 2.04. The minimum atomic E-state index is -0.584. The van der Waals surface area contributed by atoms with Crippen molar-refractivity contribution >= 4 is 27.3 Å². The van der Waals surface area contributed by atoms with E-state index in [0.717, 1.165) is 22.2 Å². The van der Waals surface area contributed by atoms with Gasteiger partial charge in [-0.2, -0.15) is 0 Å². The fourth-order valence-corrected chi connectivity index (χ4v) is 2.64. The molecule has 6 heteroatoms. The van der Waals surface area contributed by atoms with Crippen LogP contribution in [0.3, 0.4) is 0 Å². The Hall–Kier alpha value is -1.82. The Morgan fingerprint density at radius 3 is 2.55 bits per heavy atom. The molecule has 2 rings (SSSR count). The highest BCUT2D eigenvalue weighted by molar-refractivity contribution is 9.10. The summed E-state index contributed by atoms with van der Waals surface area (Å²) in [5.74, 6) is 0.772. The molecule has 0 fully saturated rings. The number of anilines is 2. The van der Waals surface area contributed by atoms with Crippen LogP contribution in [0.15, 0.2) is 32.3 Å². The number of rotatable bonds is 5. The lowest BCUT2D eigenvalue weighted by molar-refractivity contribution is 0.412. The van der Waals surface area contributed by atoms with Gasteiger partial charge in [0.05, 0.1) is 11.6 Å². The van der Waals surface area contributed by atoms with Gasteiger partial charge in [-0.25, -0.2) is 0 Å². The SMILES string of the molecule is COc1ccc(CCN(C)c2c(N)c(=O)c2=O)cc1Br. The van der Waals surface area contributed by atoms with Crippen LogP contribution >= 0.6 is 15.9 Å². The zero-order valence-corrected chi connectivity index (χ0v) is 12.9. The first-order valence-electron chi connectivity index (χ1n) is 6.08. The zero-order chi connectivity index (χ0) is 14.9. The molecule has 0 atom stereocenters. The molecule has 2 N–H and O–H groups in total. The topological polar surface area (TPSA) is 72.6 Å². The third kappa shape index (κ3) is 2.56. The smallest absolute Gasteiger partial charge is 0.253 e. The van der Waals surface area contributed by atoms with E-state index >= 15 is 0 Å². The maximum absolute atomic E-state index is 11.4. The maximum Gasteiger partial charge on any atom is 0.253 e. The predicted octanol–water partition coefficient (Wildman–Crippen LogP) is 1.31. The van der Waals surface area contributed by atoms with E-state index in [-0.39, 0.29) is 5.69 Å². The number of nitrogens with zero attached hydrogens (tertiary/aromatic N) is 1. The molecule has 0 saturated heterocycles. The van der Waals surface area contributed by atoms with Crippen molar-refractivity contribution < 1.29 is 4.74 Å². The van der Waals surface area contributed by atoms with E-state index < -0.39 is 10.9 Å². The van der Waals surface area contributed by atoms with E-state index in [1.165, 1.54) is 0 Å². The van der Waals surface area contributed by atoms with E-state index in [0.29, 0.717) is 12.2 Å². The van der Waals surface area contributed by atoms with Gasteiger partial charge in [0.2, 0.25) is 0 Å². The molecule has 0 aromatic heterocycles. The minimum Gasteiger partial charge on any atom is -0.496 e. The third-order valence-corrected chi connectivity index (χ3v) is 3.87. The predicted molar refractivity (Wildman–Crippen MR) is 83.4 cm³/mol. The highest BCUT2D eigenvalue weighted by Gasteiger charge is 2.21. The third-order valence-electron chi connectivity index (χ3n) is 3.25. The van der Waals surface area contributed by atoms with Crippen molar-refractivity contribution in [2.24, 2.45) is 0 Å². The molecule has 0 aliphatic carbocycles. The van der Waals surface area contributed by atoms with E-state index in [1.807, 2.05) is 18.2 Å². The average molecular weight is 339 g/mol. The highest BCUT2D eigenvalue weighted by atomic mass is 79.9. The Labute approximate surface area is 124 Å². The zero-order valence-electron chi connectivity index (χ0n) is 11.3. The quantitative estimate of drug-likeness (QED) is 0.832. The van der Waals surface area contributed by atoms with Crippen LogP contribution in [0.25, 0.3) is 0 Å². The molecule has 0 bridgehead atoms. The van der Waals surface area contributed by atoms with Gasteiger partial charge in [0.25, 0.3) is 10.9 Å². The van der Waals surface area contributed by atoms with E-state index in [4.69, 9.17) is 10.5 Å². The fraction of sp³-hybridized carbons (Fsp3) is 0.286. The molecule has 0 spiro atoms. The van der Waals surface area contributed by atoms with Crippen LogP contribution in [0, 0.1) is 0 Å². The summed E-state index contributed by atoms with van der Waals surface area (Å²) >= 11 is 3.43. The summed E-state index contributed by atoms with van der Waals surface area (Å²) in [4.78, 5) is 24.2. The number of halogens is 1. The Morgan fingerprint density at radius 2 is 2.00 bits per heavy atom. The minimum absolute atomic E-state index is 0.0633. The van der Waals surface area contributed by atoms with Gasteiger partial charge in [0.1, 0.15) is 17.1 Å². The van der Waals surface area contributed by atoms with Crippen LogP contribution in [-0.2, 0) is 6.42 Å². The summed E-state index contributed by atoms with van der Waals surface area (Å²) in [5.41, 5.74) is 5.93. The molecular weight excluding hydrogens is 324 g/mol. The van der Waals surface area contributed by atoms with Crippen molar-refractivity contribution in [3.63, 3.8) is 0 Å². The van der Waals surface area contributed by atoms with Gasteiger partial charge in [-0.3, -0.25) is 9.59 Å². The Bertz CT molecular complexity index is 705. The summed E-state index contributed by atoms with van der Waals surface area (Å²) < 4.78 is 6.05. The first kappa shape index (κ1) is 14.6.